The van der Waals surface area contributed by atoms with Crippen LogP contribution in [0.4, 0.5) is 17.6 Å². The van der Waals surface area contributed by atoms with Crippen molar-refractivity contribution in [1.29, 1.82) is 0 Å². The Kier molecular flexibility index (Phi) is 6.27. The zero-order chi connectivity index (χ0) is 21.3. The number of halogens is 4. The molecule has 0 saturated carbocycles. The van der Waals surface area contributed by atoms with Crippen molar-refractivity contribution in [2.24, 2.45) is 0 Å². The molecule has 2 aromatic heterocycles. The van der Waals surface area contributed by atoms with Gasteiger partial charge in [-0.15, -0.1) is 11.3 Å². The topological polar surface area (TPSA) is 58.4 Å². The number of fused-ring (bicyclic) bond motifs is 1. The number of thiophene rings is 1. The van der Waals surface area contributed by atoms with Gasteiger partial charge < -0.3 is 4.90 Å². The highest BCUT2D eigenvalue weighted by atomic mass is 32.1. The summed E-state index contributed by atoms with van der Waals surface area (Å²) in [6.45, 7) is 3.52. The minimum atomic E-state index is -4.06. The fraction of sp³-hybridized carbons (Fsp3) is 0.611. The maximum atomic E-state index is 13.2. The third-order valence-corrected chi connectivity index (χ3v) is 6.32. The highest BCUT2D eigenvalue weighted by Gasteiger charge is 2.42. The summed E-state index contributed by atoms with van der Waals surface area (Å²) in [5, 5.41) is 0.566. The lowest BCUT2D eigenvalue weighted by Crippen LogP contribution is -2.52. The third-order valence-electron chi connectivity index (χ3n) is 5.20. The number of hydrogen-bond acceptors (Lipinski definition) is 5. The van der Waals surface area contributed by atoms with Crippen molar-refractivity contribution < 1.29 is 22.4 Å². The summed E-state index contributed by atoms with van der Waals surface area (Å²) in [6.07, 6.45) is -2.21. The van der Waals surface area contributed by atoms with Crippen LogP contribution in [0.2, 0.25) is 0 Å². The molecule has 1 aliphatic heterocycles. The summed E-state index contributed by atoms with van der Waals surface area (Å²) in [6, 6.07) is 0. The molecule has 1 aliphatic rings. The molecular formula is C18H22F4N4O2S. The molecule has 11 heteroatoms. The van der Waals surface area contributed by atoms with Crippen LogP contribution in [0.15, 0.2) is 11.1 Å². The molecule has 0 N–H and O–H groups in total. The maximum absolute atomic E-state index is 13.2. The molecule has 0 atom stereocenters. The Morgan fingerprint density at radius 3 is 2.52 bits per heavy atom. The molecule has 0 bridgehead atoms. The summed E-state index contributed by atoms with van der Waals surface area (Å²) in [4.78, 5) is 33.8. The molecule has 3 heterocycles. The van der Waals surface area contributed by atoms with Gasteiger partial charge >= 0.3 is 12.3 Å². The van der Waals surface area contributed by atoms with Gasteiger partial charge in [-0.25, -0.2) is 13.8 Å². The van der Waals surface area contributed by atoms with Gasteiger partial charge in [-0.3, -0.25) is 19.1 Å². The Morgan fingerprint density at radius 1 is 1.24 bits per heavy atom. The molecule has 2 aromatic rings. The second kappa shape index (κ2) is 8.39. The van der Waals surface area contributed by atoms with E-state index in [9.17, 15) is 27.2 Å². The zero-order valence-electron chi connectivity index (χ0n) is 16.1. The largest absolute Gasteiger partial charge is 0.340 e. The number of carbonyl (C=O) groups is 1. The van der Waals surface area contributed by atoms with Gasteiger partial charge in [0.2, 0.25) is 5.91 Å². The van der Waals surface area contributed by atoms with Crippen molar-refractivity contribution in [3.63, 3.8) is 0 Å². The van der Waals surface area contributed by atoms with Crippen LogP contribution in [0.25, 0.3) is 10.2 Å². The first-order chi connectivity index (χ1) is 13.6. The van der Waals surface area contributed by atoms with Crippen molar-refractivity contribution in [3.8, 4) is 0 Å². The number of alkyl halides is 4. The lowest BCUT2D eigenvalue weighted by Gasteiger charge is -2.36. The maximum Gasteiger partial charge on any atom is 0.319 e. The average Bonchev–Trinajstić information content (AvgIpc) is 2.96. The Balaban J connectivity index is 1.56. The second-order valence-corrected chi connectivity index (χ2v) is 8.38. The van der Waals surface area contributed by atoms with Crippen LogP contribution < -0.4 is 5.56 Å². The summed E-state index contributed by atoms with van der Waals surface area (Å²) >= 11 is 1.45. The van der Waals surface area contributed by atoms with Crippen molar-refractivity contribution in [2.45, 2.75) is 39.2 Å². The van der Waals surface area contributed by atoms with E-state index in [4.69, 9.17) is 0 Å². The normalized spacial score (nSPS) is 16.2. The summed E-state index contributed by atoms with van der Waals surface area (Å²) in [5.41, 5.74) is 0.698. The Hall–Kier alpha value is -2.01. The highest BCUT2D eigenvalue weighted by Crippen LogP contribution is 2.26. The van der Waals surface area contributed by atoms with Gasteiger partial charge in [0.1, 0.15) is 4.83 Å². The molecule has 160 valence electrons. The second-order valence-electron chi connectivity index (χ2n) is 7.18. The standard InChI is InChI=1S/C18H22F4N4O2S/c1-11-12(2)29-15-14(11)16(28)26(10-23-15)4-3-13(27)25-7-5-24(6-8-25)9-18(21,22)17(19)20/h10,17H,3-9H2,1-2H3. The molecule has 0 aliphatic carbocycles. The minimum absolute atomic E-state index is 0.0719. The van der Waals surface area contributed by atoms with Crippen LogP contribution in [0.1, 0.15) is 16.9 Å². The van der Waals surface area contributed by atoms with Gasteiger partial charge in [-0.2, -0.15) is 8.78 Å². The first-order valence-corrected chi connectivity index (χ1v) is 10.0. The quantitative estimate of drug-likeness (QED) is 0.656. The van der Waals surface area contributed by atoms with Crippen LogP contribution in [-0.2, 0) is 11.3 Å². The first-order valence-electron chi connectivity index (χ1n) is 9.21. The van der Waals surface area contributed by atoms with Gasteiger partial charge in [0, 0.05) is 44.0 Å². The Morgan fingerprint density at radius 2 is 1.90 bits per heavy atom. The molecule has 0 spiro atoms. The Bertz CT molecular complexity index is 951. The van der Waals surface area contributed by atoms with Crippen LogP contribution in [0, 0.1) is 13.8 Å². The molecule has 1 saturated heterocycles. The lowest BCUT2D eigenvalue weighted by atomic mass is 10.2. The van der Waals surface area contributed by atoms with E-state index in [-0.39, 0.29) is 50.6 Å². The van der Waals surface area contributed by atoms with Crippen molar-refractivity contribution >= 4 is 27.5 Å². The van der Waals surface area contributed by atoms with Crippen molar-refractivity contribution in [3.05, 3.63) is 27.1 Å². The SMILES string of the molecule is Cc1sc2ncn(CCC(=O)N3CCN(CC(F)(F)C(F)F)CC3)c(=O)c2c1C. The third kappa shape index (κ3) is 4.61. The van der Waals surface area contributed by atoms with Crippen LogP contribution >= 0.6 is 11.3 Å². The van der Waals surface area contributed by atoms with E-state index in [1.54, 1.807) is 0 Å². The molecule has 1 fully saturated rings. The summed E-state index contributed by atoms with van der Waals surface area (Å²) in [5.74, 6) is -4.27. The zero-order valence-corrected chi connectivity index (χ0v) is 16.9. The van der Waals surface area contributed by atoms with Crippen LogP contribution in [0.3, 0.4) is 0 Å². The number of rotatable bonds is 6. The van der Waals surface area contributed by atoms with Gasteiger partial charge in [0.05, 0.1) is 18.3 Å². The van der Waals surface area contributed by atoms with E-state index in [2.05, 4.69) is 4.98 Å². The van der Waals surface area contributed by atoms with E-state index in [0.29, 0.717) is 10.2 Å². The number of carbonyl (C=O) groups excluding carboxylic acids is 1. The lowest BCUT2D eigenvalue weighted by molar-refractivity contribution is -0.148. The van der Waals surface area contributed by atoms with E-state index in [1.807, 2.05) is 13.8 Å². The minimum Gasteiger partial charge on any atom is -0.340 e. The van der Waals surface area contributed by atoms with Crippen LogP contribution in [0.5, 0.6) is 0 Å². The average molecular weight is 434 g/mol. The first kappa shape index (κ1) is 21.7. The molecule has 6 nitrogen and oxygen atoms in total. The van der Waals surface area contributed by atoms with E-state index < -0.39 is 18.9 Å². The van der Waals surface area contributed by atoms with E-state index >= 15 is 0 Å². The fourth-order valence-corrected chi connectivity index (χ4v) is 4.31. The fourth-order valence-electron chi connectivity index (χ4n) is 3.33. The number of aromatic nitrogens is 2. The number of aryl methyl sites for hydroxylation is 3. The molecule has 3 rings (SSSR count). The predicted molar refractivity (Wildman–Crippen MR) is 102 cm³/mol. The van der Waals surface area contributed by atoms with Crippen molar-refractivity contribution in [2.75, 3.05) is 32.7 Å². The number of nitrogens with zero attached hydrogens (tertiary/aromatic N) is 4. The van der Waals surface area contributed by atoms with Gasteiger partial charge in [0.25, 0.3) is 5.56 Å². The van der Waals surface area contributed by atoms with E-state index in [1.165, 1.54) is 32.0 Å². The van der Waals surface area contributed by atoms with Crippen LogP contribution in [-0.4, -0.2) is 70.3 Å². The number of amides is 1. The molecule has 0 aromatic carbocycles. The van der Waals surface area contributed by atoms with Gasteiger partial charge in [-0.1, -0.05) is 0 Å². The molecular weight excluding hydrogens is 412 g/mol. The molecule has 0 unspecified atom stereocenters. The molecule has 29 heavy (non-hydrogen) atoms. The highest BCUT2D eigenvalue weighted by molar-refractivity contribution is 7.18. The number of piperazine rings is 1. The van der Waals surface area contributed by atoms with Gasteiger partial charge in [0.15, 0.2) is 0 Å². The molecule has 0 radical (unpaired) electrons. The predicted octanol–water partition coefficient (Wildman–Crippen LogP) is 2.51. The monoisotopic (exact) mass is 434 g/mol. The van der Waals surface area contributed by atoms with Crippen molar-refractivity contribution in [1.82, 2.24) is 19.4 Å². The summed E-state index contributed by atoms with van der Waals surface area (Å²) < 4.78 is 52.4. The Labute approximate surface area is 168 Å². The molecule has 1 amide bonds. The van der Waals surface area contributed by atoms with Gasteiger partial charge in [-0.05, 0) is 19.4 Å². The van der Waals surface area contributed by atoms with E-state index in [0.717, 1.165) is 10.4 Å². The number of hydrogen-bond donors (Lipinski definition) is 0. The smallest absolute Gasteiger partial charge is 0.319 e. The summed E-state index contributed by atoms with van der Waals surface area (Å²) in [7, 11) is 0.